The van der Waals surface area contributed by atoms with Crippen molar-refractivity contribution in [2.24, 2.45) is 11.3 Å². The number of carbonyl (C=O) groups is 1. The van der Waals surface area contributed by atoms with E-state index in [1.165, 1.54) is 18.2 Å². The lowest BCUT2D eigenvalue weighted by atomic mass is 9.63. The van der Waals surface area contributed by atoms with Gasteiger partial charge in [0.1, 0.15) is 11.2 Å². The first-order valence-electron chi connectivity index (χ1n) is 6.23. The first kappa shape index (κ1) is 14.3. The Morgan fingerprint density at radius 2 is 2.15 bits per heavy atom. The summed E-state index contributed by atoms with van der Waals surface area (Å²) in [5.41, 5.74) is -0.913. The van der Waals surface area contributed by atoms with E-state index < -0.39 is 17.9 Å². The minimum absolute atomic E-state index is 0.115. The molecule has 1 aromatic carbocycles. The molecule has 0 radical (unpaired) electrons. The number of amides is 1. The van der Waals surface area contributed by atoms with Gasteiger partial charge in [0.05, 0.1) is 11.8 Å². The third kappa shape index (κ3) is 2.72. The molecule has 2 rings (SSSR count). The first-order valence-corrected chi connectivity index (χ1v) is 6.23. The molecule has 4 nitrogen and oxygen atoms in total. The number of halogens is 2. The summed E-state index contributed by atoms with van der Waals surface area (Å²) in [5.74, 6) is -0.271. The van der Waals surface area contributed by atoms with Crippen molar-refractivity contribution in [2.75, 3.05) is 5.32 Å². The molecule has 1 fully saturated rings. The van der Waals surface area contributed by atoms with E-state index in [0.717, 1.165) is 0 Å². The first-order chi connectivity index (χ1) is 9.47. The van der Waals surface area contributed by atoms with Gasteiger partial charge in [-0.3, -0.25) is 4.79 Å². The number of para-hydroxylation sites is 2. The number of nitrogens with zero attached hydrogens (tertiary/aromatic N) is 1. The van der Waals surface area contributed by atoms with Gasteiger partial charge >= 0.3 is 6.61 Å². The van der Waals surface area contributed by atoms with Gasteiger partial charge in [0.15, 0.2) is 0 Å². The summed E-state index contributed by atoms with van der Waals surface area (Å²) in [6, 6.07) is 7.94. The quantitative estimate of drug-likeness (QED) is 0.921. The number of nitriles is 1. The topological polar surface area (TPSA) is 62.1 Å². The predicted molar refractivity (Wildman–Crippen MR) is 68.1 cm³/mol. The Balaban J connectivity index is 2.14. The molecule has 1 aromatic rings. The lowest BCUT2D eigenvalue weighted by Gasteiger charge is -2.39. The van der Waals surface area contributed by atoms with Crippen molar-refractivity contribution < 1.29 is 18.3 Å². The van der Waals surface area contributed by atoms with Crippen LogP contribution in [0.25, 0.3) is 0 Å². The number of nitrogens with one attached hydrogen (secondary N) is 1. The van der Waals surface area contributed by atoms with Gasteiger partial charge in [-0.25, -0.2) is 0 Å². The second-order valence-corrected chi connectivity index (χ2v) is 5.04. The fourth-order valence-corrected chi connectivity index (χ4v) is 2.47. The van der Waals surface area contributed by atoms with Crippen LogP contribution in [0.5, 0.6) is 5.75 Å². The molecule has 1 amide bonds. The summed E-state index contributed by atoms with van der Waals surface area (Å²) in [5, 5.41) is 11.7. The zero-order chi connectivity index (χ0) is 14.8. The van der Waals surface area contributed by atoms with E-state index in [4.69, 9.17) is 5.26 Å². The van der Waals surface area contributed by atoms with Gasteiger partial charge in [0, 0.05) is 0 Å². The van der Waals surface area contributed by atoms with Crippen molar-refractivity contribution in [3.8, 4) is 11.8 Å². The highest BCUT2D eigenvalue weighted by atomic mass is 19.3. The number of anilines is 1. The molecule has 0 aromatic heterocycles. The number of hydrogen-bond donors (Lipinski definition) is 1. The van der Waals surface area contributed by atoms with Crippen molar-refractivity contribution in [3.63, 3.8) is 0 Å². The van der Waals surface area contributed by atoms with E-state index in [9.17, 15) is 13.6 Å². The molecule has 0 unspecified atom stereocenters. The average molecular weight is 280 g/mol. The van der Waals surface area contributed by atoms with E-state index in [1.807, 2.05) is 13.0 Å². The van der Waals surface area contributed by atoms with E-state index in [-0.39, 0.29) is 11.4 Å². The number of benzene rings is 1. The van der Waals surface area contributed by atoms with Crippen LogP contribution in [0, 0.1) is 22.7 Å². The molecular weight excluding hydrogens is 266 g/mol. The summed E-state index contributed by atoms with van der Waals surface area (Å²) in [7, 11) is 0. The van der Waals surface area contributed by atoms with E-state index >= 15 is 0 Å². The van der Waals surface area contributed by atoms with Gasteiger partial charge in [-0.2, -0.15) is 14.0 Å². The second-order valence-electron chi connectivity index (χ2n) is 5.04. The van der Waals surface area contributed by atoms with Crippen LogP contribution in [0.4, 0.5) is 14.5 Å². The fraction of sp³-hybridized carbons (Fsp3) is 0.429. The molecule has 0 aliphatic heterocycles. The molecule has 1 aliphatic carbocycles. The molecule has 6 heteroatoms. The molecule has 20 heavy (non-hydrogen) atoms. The lowest BCUT2D eigenvalue weighted by Crippen LogP contribution is -2.45. The van der Waals surface area contributed by atoms with Crippen LogP contribution in [0.1, 0.15) is 19.8 Å². The Morgan fingerprint density at radius 1 is 1.50 bits per heavy atom. The third-order valence-corrected chi connectivity index (χ3v) is 3.39. The maximum Gasteiger partial charge on any atom is 0.387 e. The molecule has 106 valence electrons. The number of rotatable bonds is 4. The Labute approximate surface area is 115 Å². The SMILES string of the molecule is CC1CC(C#N)(C(=O)Nc2ccccc2OC(F)F)C1. The largest absolute Gasteiger partial charge is 0.433 e. The smallest absolute Gasteiger partial charge is 0.387 e. The van der Waals surface area contributed by atoms with Gasteiger partial charge in [-0.05, 0) is 30.9 Å². The summed E-state index contributed by atoms with van der Waals surface area (Å²) in [6.07, 6.45) is 0.959. The van der Waals surface area contributed by atoms with E-state index in [0.29, 0.717) is 18.8 Å². The van der Waals surface area contributed by atoms with Crippen molar-refractivity contribution in [1.29, 1.82) is 5.26 Å². The maximum absolute atomic E-state index is 12.3. The highest BCUT2D eigenvalue weighted by molar-refractivity contribution is 5.99. The van der Waals surface area contributed by atoms with Crippen LogP contribution in [0.15, 0.2) is 24.3 Å². The van der Waals surface area contributed by atoms with Crippen molar-refractivity contribution in [3.05, 3.63) is 24.3 Å². The van der Waals surface area contributed by atoms with Crippen LogP contribution in [-0.4, -0.2) is 12.5 Å². The summed E-state index contributed by atoms with van der Waals surface area (Å²) in [4.78, 5) is 12.2. The standard InChI is InChI=1S/C14H14F2N2O2/c1-9-6-14(7-9,8-17)12(19)18-10-4-2-3-5-11(10)20-13(15)16/h2-5,9,13H,6-7H2,1H3,(H,18,19). The van der Waals surface area contributed by atoms with E-state index in [1.54, 1.807) is 6.07 Å². The average Bonchev–Trinajstić information content (AvgIpc) is 2.36. The lowest BCUT2D eigenvalue weighted by molar-refractivity contribution is -0.128. The third-order valence-electron chi connectivity index (χ3n) is 3.39. The Bertz CT molecular complexity index is 548. The number of hydrogen-bond acceptors (Lipinski definition) is 3. The van der Waals surface area contributed by atoms with Crippen LogP contribution in [-0.2, 0) is 4.79 Å². The number of alkyl halides is 2. The van der Waals surface area contributed by atoms with Crippen molar-refractivity contribution >= 4 is 11.6 Å². The Hall–Kier alpha value is -2.16. The van der Waals surface area contributed by atoms with Crippen LogP contribution in [0.2, 0.25) is 0 Å². The summed E-state index contributed by atoms with van der Waals surface area (Å²) in [6.45, 7) is -1.02. The molecule has 0 bridgehead atoms. The monoisotopic (exact) mass is 280 g/mol. The molecule has 0 atom stereocenters. The highest BCUT2D eigenvalue weighted by Gasteiger charge is 2.49. The second kappa shape index (κ2) is 5.45. The predicted octanol–water partition coefficient (Wildman–Crippen LogP) is 3.17. The van der Waals surface area contributed by atoms with Crippen molar-refractivity contribution in [2.45, 2.75) is 26.4 Å². The summed E-state index contributed by atoms with van der Waals surface area (Å²) < 4.78 is 28.9. The summed E-state index contributed by atoms with van der Waals surface area (Å²) >= 11 is 0. The fourth-order valence-electron chi connectivity index (χ4n) is 2.47. The molecule has 1 N–H and O–H groups in total. The maximum atomic E-state index is 12.3. The number of ether oxygens (including phenoxy) is 1. The van der Waals surface area contributed by atoms with Crippen LogP contribution < -0.4 is 10.1 Å². The molecular formula is C14H14F2N2O2. The normalized spacial score (nSPS) is 24.6. The van der Waals surface area contributed by atoms with Gasteiger partial charge < -0.3 is 10.1 Å². The molecule has 0 saturated heterocycles. The zero-order valence-electron chi connectivity index (χ0n) is 10.9. The van der Waals surface area contributed by atoms with E-state index in [2.05, 4.69) is 10.1 Å². The molecule has 0 spiro atoms. The van der Waals surface area contributed by atoms with Crippen LogP contribution >= 0.6 is 0 Å². The van der Waals surface area contributed by atoms with Gasteiger partial charge in [-0.15, -0.1) is 0 Å². The molecule has 1 aliphatic rings. The molecule has 1 saturated carbocycles. The van der Waals surface area contributed by atoms with Gasteiger partial charge in [0.2, 0.25) is 5.91 Å². The minimum atomic E-state index is -2.97. The molecule has 0 heterocycles. The Kier molecular flexibility index (Phi) is 3.89. The Morgan fingerprint density at radius 3 is 2.70 bits per heavy atom. The van der Waals surface area contributed by atoms with Crippen LogP contribution in [0.3, 0.4) is 0 Å². The zero-order valence-corrected chi connectivity index (χ0v) is 10.9. The van der Waals surface area contributed by atoms with Gasteiger partial charge in [0.25, 0.3) is 0 Å². The number of carbonyl (C=O) groups excluding carboxylic acids is 1. The minimum Gasteiger partial charge on any atom is -0.433 e. The van der Waals surface area contributed by atoms with Gasteiger partial charge in [-0.1, -0.05) is 19.1 Å². The highest BCUT2D eigenvalue weighted by Crippen LogP contribution is 2.46. The van der Waals surface area contributed by atoms with Crippen molar-refractivity contribution in [1.82, 2.24) is 0 Å².